The van der Waals surface area contributed by atoms with Gasteiger partial charge in [-0.3, -0.25) is 0 Å². The lowest BCUT2D eigenvalue weighted by Gasteiger charge is -2.16. The van der Waals surface area contributed by atoms with Crippen molar-refractivity contribution in [3.8, 4) is 0 Å². The third-order valence-electron chi connectivity index (χ3n) is 1.44. The van der Waals surface area contributed by atoms with E-state index in [0.29, 0.717) is 0 Å². The Bertz CT molecular complexity index is 109. The molecule has 1 N–H and O–H groups in total. The highest BCUT2D eigenvalue weighted by Crippen LogP contribution is 2.11. The first-order valence-electron chi connectivity index (χ1n) is 3.87. The zero-order chi connectivity index (χ0) is 7.98. The molecule has 10 heavy (non-hydrogen) atoms. The molecule has 0 spiro atoms. The lowest BCUT2D eigenvalue weighted by Crippen LogP contribution is -2.24. The maximum atomic E-state index is 3.86. The Kier molecular flexibility index (Phi) is 4.95. The highest BCUT2D eigenvalue weighted by molar-refractivity contribution is 5.28. The molecule has 1 fully saturated rings. The van der Waals surface area contributed by atoms with E-state index in [9.17, 15) is 0 Å². The van der Waals surface area contributed by atoms with Crippen LogP contribution in [-0.2, 0) is 0 Å². The first-order chi connectivity index (χ1) is 4.80. The highest BCUT2D eigenvalue weighted by atomic mass is 14.9. The molecule has 0 aromatic rings. The van der Waals surface area contributed by atoms with Gasteiger partial charge in [-0.15, -0.1) is 0 Å². The van der Waals surface area contributed by atoms with E-state index in [-0.39, 0.29) is 0 Å². The van der Waals surface area contributed by atoms with Gasteiger partial charge in [-0.05, 0) is 18.5 Å². The summed E-state index contributed by atoms with van der Waals surface area (Å²) < 4.78 is 0. The molecule has 1 nitrogen and oxygen atoms in total. The molecule has 58 valence electrons. The second-order valence-electron chi connectivity index (χ2n) is 2.13. The fourth-order valence-corrected chi connectivity index (χ4v) is 0.780. The van der Waals surface area contributed by atoms with Gasteiger partial charge in [0.2, 0.25) is 0 Å². The highest BCUT2D eigenvalue weighted by Gasteiger charge is 2.04. The van der Waals surface area contributed by atoms with Gasteiger partial charge in [0, 0.05) is 6.54 Å². The van der Waals surface area contributed by atoms with Crippen LogP contribution in [-0.4, -0.2) is 13.1 Å². The van der Waals surface area contributed by atoms with E-state index in [1.54, 1.807) is 0 Å². The van der Waals surface area contributed by atoms with Crippen molar-refractivity contribution in [3.63, 3.8) is 0 Å². The first-order valence-corrected chi connectivity index (χ1v) is 3.87. The van der Waals surface area contributed by atoms with Crippen molar-refractivity contribution in [2.24, 2.45) is 0 Å². The predicted molar refractivity (Wildman–Crippen MR) is 47.1 cm³/mol. The van der Waals surface area contributed by atoms with Gasteiger partial charge in [0.05, 0.1) is 0 Å². The Labute approximate surface area is 63.8 Å². The van der Waals surface area contributed by atoms with Crippen LogP contribution in [0.2, 0.25) is 0 Å². The number of piperidine rings is 1. The first kappa shape index (κ1) is 9.44. The molecule has 1 heteroatoms. The fourth-order valence-electron chi connectivity index (χ4n) is 0.780. The molecule has 0 amide bonds. The molecule has 0 atom stereocenters. The summed E-state index contributed by atoms with van der Waals surface area (Å²) in [4.78, 5) is 0. The van der Waals surface area contributed by atoms with E-state index < -0.39 is 0 Å². The molecule has 0 aromatic carbocycles. The van der Waals surface area contributed by atoms with Crippen molar-refractivity contribution in [2.75, 3.05) is 13.1 Å². The Morgan fingerprint density at radius 3 is 2.10 bits per heavy atom. The standard InChI is InChI=1S/C7H11N.C2H6/c1-6-3-4-8-5-7(6)2;1-2/h8H,1-5H2;1-2H3. The van der Waals surface area contributed by atoms with Gasteiger partial charge < -0.3 is 5.32 Å². The molecule has 0 bridgehead atoms. The van der Waals surface area contributed by atoms with Gasteiger partial charge >= 0.3 is 0 Å². The molecule has 0 unspecified atom stereocenters. The minimum Gasteiger partial charge on any atom is -0.312 e. The van der Waals surface area contributed by atoms with Crippen LogP contribution in [0.3, 0.4) is 0 Å². The Morgan fingerprint density at radius 2 is 1.80 bits per heavy atom. The van der Waals surface area contributed by atoms with Crippen LogP contribution < -0.4 is 5.32 Å². The topological polar surface area (TPSA) is 12.0 Å². The van der Waals surface area contributed by atoms with Crippen molar-refractivity contribution in [1.29, 1.82) is 0 Å². The average Bonchev–Trinajstić information content (AvgIpc) is 2.00. The molecule has 1 heterocycles. The van der Waals surface area contributed by atoms with Crippen LogP contribution in [0.1, 0.15) is 20.3 Å². The summed E-state index contributed by atoms with van der Waals surface area (Å²) in [7, 11) is 0. The predicted octanol–water partition coefficient (Wildman–Crippen LogP) is 2.12. The Balaban J connectivity index is 0.000000371. The van der Waals surface area contributed by atoms with E-state index in [0.717, 1.165) is 25.1 Å². The Morgan fingerprint density at radius 1 is 1.20 bits per heavy atom. The molecule has 1 saturated heterocycles. The fraction of sp³-hybridized carbons (Fsp3) is 0.556. The second-order valence-corrected chi connectivity index (χ2v) is 2.13. The number of hydrogen-bond donors (Lipinski definition) is 1. The summed E-state index contributed by atoms with van der Waals surface area (Å²) in [6, 6.07) is 0. The molecule has 1 aliphatic heterocycles. The summed E-state index contributed by atoms with van der Waals surface area (Å²) in [6.45, 7) is 13.7. The lowest BCUT2D eigenvalue weighted by atomic mass is 10.0. The molecular weight excluding hydrogens is 122 g/mol. The van der Waals surface area contributed by atoms with E-state index in [1.807, 2.05) is 13.8 Å². The number of nitrogens with one attached hydrogen (secondary N) is 1. The van der Waals surface area contributed by atoms with Gasteiger partial charge in [-0.2, -0.15) is 0 Å². The van der Waals surface area contributed by atoms with E-state index in [4.69, 9.17) is 0 Å². The summed E-state index contributed by atoms with van der Waals surface area (Å²) in [6.07, 6.45) is 1.07. The largest absolute Gasteiger partial charge is 0.312 e. The summed E-state index contributed by atoms with van der Waals surface area (Å²) in [5, 5.41) is 3.20. The summed E-state index contributed by atoms with van der Waals surface area (Å²) >= 11 is 0. The monoisotopic (exact) mass is 139 g/mol. The van der Waals surface area contributed by atoms with Crippen LogP contribution in [0.25, 0.3) is 0 Å². The van der Waals surface area contributed by atoms with Crippen molar-refractivity contribution in [3.05, 3.63) is 24.3 Å². The molecule has 0 aromatic heterocycles. The van der Waals surface area contributed by atoms with Crippen molar-refractivity contribution < 1.29 is 0 Å². The smallest absolute Gasteiger partial charge is 0.0202 e. The molecule has 1 rings (SSSR count). The van der Waals surface area contributed by atoms with Crippen LogP contribution >= 0.6 is 0 Å². The van der Waals surface area contributed by atoms with E-state index >= 15 is 0 Å². The van der Waals surface area contributed by atoms with Gasteiger partial charge in [0.25, 0.3) is 0 Å². The maximum Gasteiger partial charge on any atom is 0.0202 e. The van der Waals surface area contributed by atoms with Crippen molar-refractivity contribution in [1.82, 2.24) is 5.32 Å². The maximum absolute atomic E-state index is 3.86. The van der Waals surface area contributed by atoms with Crippen LogP contribution in [0, 0.1) is 0 Å². The molecule has 1 aliphatic rings. The van der Waals surface area contributed by atoms with Gasteiger partial charge in [0.15, 0.2) is 0 Å². The second kappa shape index (κ2) is 5.24. The van der Waals surface area contributed by atoms with Gasteiger partial charge in [0.1, 0.15) is 0 Å². The minimum atomic E-state index is 0.929. The third kappa shape index (κ3) is 2.83. The molecule has 0 radical (unpaired) electrons. The summed E-state index contributed by atoms with van der Waals surface area (Å²) in [5.41, 5.74) is 2.38. The Hall–Kier alpha value is -0.560. The zero-order valence-corrected chi connectivity index (χ0v) is 7.04. The van der Waals surface area contributed by atoms with Gasteiger partial charge in [-0.1, -0.05) is 32.6 Å². The normalized spacial score (nSPS) is 17.8. The van der Waals surface area contributed by atoms with Gasteiger partial charge in [-0.25, -0.2) is 0 Å². The lowest BCUT2D eigenvalue weighted by molar-refractivity contribution is 0.686. The van der Waals surface area contributed by atoms with Crippen LogP contribution in [0.5, 0.6) is 0 Å². The van der Waals surface area contributed by atoms with E-state index in [2.05, 4.69) is 18.5 Å². The number of hydrogen-bond acceptors (Lipinski definition) is 1. The summed E-state index contributed by atoms with van der Waals surface area (Å²) in [5.74, 6) is 0. The van der Waals surface area contributed by atoms with Crippen LogP contribution in [0.15, 0.2) is 24.3 Å². The van der Waals surface area contributed by atoms with Crippen LogP contribution in [0.4, 0.5) is 0 Å². The van der Waals surface area contributed by atoms with Crippen molar-refractivity contribution in [2.45, 2.75) is 20.3 Å². The molecular formula is C9H17N. The SMILES string of the molecule is C=C1CCNCC1=C.CC. The van der Waals surface area contributed by atoms with Crippen molar-refractivity contribution >= 4 is 0 Å². The number of rotatable bonds is 0. The van der Waals surface area contributed by atoms with E-state index in [1.165, 1.54) is 5.57 Å². The minimum absolute atomic E-state index is 0.929. The quantitative estimate of drug-likeness (QED) is 0.542. The zero-order valence-electron chi connectivity index (χ0n) is 7.04. The molecule has 0 aliphatic carbocycles. The average molecular weight is 139 g/mol. The third-order valence-corrected chi connectivity index (χ3v) is 1.44. The molecule has 0 saturated carbocycles.